The average molecular weight is 396 g/mol. The van der Waals surface area contributed by atoms with Crippen LogP contribution >= 0.6 is 16.0 Å². The van der Waals surface area contributed by atoms with Gasteiger partial charge < -0.3 is 25.7 Å². The van der Waals surface area contributed by atoms with Crippen molar-refractivity contribution in [3.8, 4) is 11.5 Å². The lowest BCUT2D eigenvalue weighted by Gasteiger charge is -2.12. The second-order valence-corrected chi connectivity index (χ2v) is 6.94. The van der Waals surface area contributed by atoms with Crippen LogP contribution in [0.1, 0.15) is 11.1 Å². The smallest absolute Gasteiger partial charge is 0.252 e. The van der Waals surface area contributed by atoms with Crippen molar-refractivity contribution in [3.05, 3.63) is 59.7 Å². The molecule has 0 saturated carbocycles. The molecule has 0 fully saturated rings. The third-order valence-corrected chi connectivity index (χ3v) is 4.68. The molecule has 0 aliphatic rings. The van der Waals surface area contributed by atoms with Crippen LogP contribution in [0.3, 0.4) is 0 Å². The molecular formula is C16H18N2O6P2. The molecule has 0 aliphatic heterocycles. The SMILES string of the molecule is NCCN(O/[P+]([O-])=C/c1ccccc1O)O/[P+]([O-])=C/c1ccccc1O. The first kappa shape index (κ1) is 20.5. The number of hydrogen-bond donors (Lipinski definition) is 3. The van der Waals surface area contributed by atoms with E-state index in [4.69, 9.17) is 15.0 Å². The number of hydrogen-bond acceptors (Lipinski definition) is 8. The zero-order valence-electron chi connectivity index (χ0n) is 13.6. The number of rotatable bonds is 8. The van der Waals surface area contributed by atoms with Crippen molar-refractivity contribution in [2.24, 2.45) is 5.73 Å². The second kappa shape index (κ2) is 10.3. The maximum absolute atomic E-state index is 12.1. The molecule has 2 rings (SSSR count). The highest BCUT2D eigenvalue weighted by Crippen LogP contribution is 2.26. The van der Waals surface area contributed by atoms with E-state index in [-0.39, 0.29) is 24.6 Å². The summed E-state index contributed by atoms with van der Waals surface area (Å²) in [6.07, 6.45) is 0. The van der Waals surface area contributed by atoms with Gasteiger partial charge in [-0.15, -0.1) is 0 Å². The molecule has 0 radical (unpaired) electrons. The van der Waals surface area contributed by atoms with Gasteiger partial charge in [-0.1, -0.05) is 33.5 Å². The number of hydroxylamine groups is 2. The summed E-state index contributed by atoms with van der Waals surface area (Å²) >= 11 is 0. The van der Waals surface area contributed by atoms with E-state index in [9.17, 15) is 20.0 Å². The van der Waals surface area contributed by atoms with Gasteiger partial charge in [-0.3, -0.25) is 0 Å². The van der Waals surface area contributed by atoms with Crippen molar-refractivity contribution >= 4 is 27.6 Å². The Hall–Kier alpha value is -1.86. The van der Waals surface area contributed by atoms with Crippen LogP contribution in [0, 0.1) is 0 Å². The molecule has 2 aromatic carbocycles. The zero-order valence-corrected chi connectivity index (χ0v) is 15.4. The summed E-state index contributed by atoms with van der Waals surface area (Å²) in [7, 11) is -4.80. The number of benzene rings is 2. The fourth-order valence-electron chi connectivity index (χ4n) is 1.85. The molecular weight excluding hydrogens is 378 g/mol. The van der Waals surface area contributed by atoms with Crippen molar-refractivity contribution in [2.75, 3.05) is 13.1 Å². The van der Waals surface area contributed by atoms with Gasteiger partial charge in [0.2, 0.25) is 0 Å². The molecule has 10 heteroatoms. The Morgan fingerprint density at radius 1 is 0.885 bits per heavy atom. The molecule has 0 aliphatic carbocycles. The predicted molar refractivity (Wildman–Crippen MR) is 98.3 cm³/mol. The Labute approximate surface area is 152 Å². The van der Waals surface area contributed by atoms with Gasteiger partial charge in [0, 0.05) is 11.8 Å². The molecule has 2 atom stereocenters. The fraction of sp³-hybridized carbons (Fsp3) is 0.125. The Kier molecular flexibility index (Phi) is 8.12. The minimum absolute atomic E-state index is 0.00533. The van der Waals surface area contributed by atoms with E-state index in [2.05, 4.69) is 0 Å². The summed E-state index contributed by atoms with van der Waals surface area (Å²) in [6.45, 7) is 0.102. The molecule has 0 bridgehead atoms. The van der Waals surface area contributed by atoms with Crippen molar-refractivity contribution in [1.82, 2.24) is 5.23 Å². The van der Waals surface area contributed by atoms with Gasteiger partial charge in [-0.25, -0.2) is 0 Å². The standard InChI is InChI=1S/C16H18N2O6P2/c17-9-10-18(23-25(21)11-13-5-1-3-7-15(13)19)24-26(22)12-14-6-2-4-8-16(14)20/h1-8,11-12,19-20H,9-10,17H2. The highest BCUT2D eigenvalue weighted by molar-refractivity contribution is 7.46. The van der Waals surface area contributed by atoms with Gasteiger partial charge in [-0.2, -0.15) is 0 Å². The quantitative estimate of drug-likeness (QED) is 0.435. The minimum Gasteiger partial charge on any atom is -0.601 e. The van der Waals surface area contributed by atoms with Crippen molar-refractivity contribution in [3.63, 3.8) is 0 Å². The third kappa shape index (κ3) is 6.46. The van der Waals surface area contributed by atoms with Crippen LogP contribution in [-0.2, 0) is 9.25 Å². The highest BCUT2D eigenvalue weighted by atomic mass is 31.1. The van der Waals surface area contributed by atoms with Gasteiger partial charge >= 0.3 is 0 Å². The van der Waals surface area contributed by atoms with Gasteiger partial charge in [-0.05, 0) is 24.3 Å². The lowest BCUT2D eigenvalue weighted by molar-refractivity contribution is -0.303. The minimum atomic E-state index is -2.40. The Morgan fingerprint density at radius 2 is 1.31 bits per heavy atom. The molecule has 8 nitrogen and oxygen atoms in total. The van der Waals surface area contributed by atoms with Crippen LogP contribution in [0.2, 0.25) is 0 Å². The number of phenols is 2. The maximum atomic E-state index is 12.1. The lowest BCUT2D eigenvalue weighted by atomic mass is 10.2. The van der Waals surface area contributed by atoms with Crippen LogP contribution < -0.4 is 15.5 Å². The monoisotopic (exact) mass is 396 g/mol. The number of nitrogens with zero attached hydrogens (tertiary/aromatic N) is 1. The summed E-state index contributed by atoms with van der Waals surface area (Å²) in [6, 6.07) is 12.6. The van der Waals surface area contributed by atoms with Crippen molar-refractivity contribution < 1.29 is 29.2 Å². The topological polar surface area (TPSA) is 134 Å². The molecule has 0 amide bonds. The molecule has 2 unspecified atom stereocenters. The number of para-hydroxylation sites is 2. The average Bonchev–Trinajstić information content (AvgIpc) is 2.59. The van der Waals surface area contributed by atoms with E-state index in [1.54, 1.807) is 36.4 Å². The number of nitrogens with two attached hydrogens (primary N) is 1. The summed E-state index contributed by atoms with van der Waals surface area (Å²) in [4.78, 5) is 24.2. The van der Waals surface area contributed by atoms with Crippen LogP contribution in [0.25, 0.3) is 0 Å². The van der Waals surface area contributed by atoms with E-state index in [1.807, 2.05) is 0 Å². The van der Waals surface area contributed by atoms with Gasteiger partial charge in [0.15, 0.2) is 11.6 Å². The molecule has 0 aromatic heterocycles. The normalized spacial score (nSPS) is 12.6. The Bertz CT molecular complexity index is 736. The molecule has 0 saturated heterocycles. The van der Waals surface area contributed by atoms with E-state index < -0.39 is 16.0 Å². The van der Waals surface area contributed by atoms with Gasteiger partial charge in [0.05, 0.1) is 17.7 Å². The molecule has 0 heterocycles. The van der Waals surface area contributed by atoms with Gasteiger partial charge in [0.25, 0.3) is 16.0 Å². The molecule has 2 aromatic rings. The molecule has 0 spiro atoms. The largest absolute Gasteiger partial charge is 0.601 e. The summed E-state index contributed by atoms with van der Waals surface area (Å²) < 4.78 is 10.2. The number of aromatic hydroxyl groups is 2. The predicted octanol–water partition coefficient (Wildman–Crippen LogP) is 0.567. The Morgan fingerprint density at radius 3 is 1.69 bits per heavy atom. The van der Waals surface area contributed by atoms with Crippen LogP contribution in [0.15, 0.2) is 48.5 Å². The zero-order chi connectivity index (χ0) is 18.9. The van der Waals surface area contributed by atoms with Crippen LogP contribution in [0.4, 0.5) is 0 Å². The summed E-state index contributed by atoms with van der Waals surface area (Å²) in [5.74, 6) is 2.31. The summed E-state index contributed by atoms with van der Waals surface area (Å²) in [5.41, 5.74) is 6.09. The van der Waals surface area contributed by atoms with Gasteiger partial charge in [0.1, 0.15) is 11.5 Å². The number of phenolic OH excluding ortho intramolecular Hbond substituents is 2. The maximum Gasteiger partial charge on any atom is 0.252 e. The van der Waals surface area contributed by atoms with Crippen molar-refractivity contribution in [1.29, 1.82) is 0 Å². The van der Waals surface area contributed by atoms with E-state index in [1.165, 1.54) is 23.7 Å². The van der Waals surface area contributed by atoms with E-state index in [0.29, 0.717) is 11.1 Å². The highest BCUT2D eigenvalue weighted by Gasteiger charge is 2.18. The Balaban J connectivity index is 2.08. The lowest BCUT2D eigenvalue weighted by Crippen LogP contribution is -2.28. The molecule has 4 N–H and O–H groups in total. The fourth-order valence-corrected chi connectivity index (χ4v) is 3.48. The van der Waals surface area contributed by atoms with Crippen molar-refractivity contribution in [2.45, 2.75) is 0 Å². The third-order valence-electron chi connectivity index (χ3n) is 3.02. The first-order valence-corrected chi connectivity index (χ1v) is 10.0. The second-order valence-electron chi connectivity index (χ2n) is 4.95. The van der Waals surface area contributed by atoms with E-state index >= 15 is 0 Å². The first-order valence-electron chi connectivity index (χ1n) is 7.52. The van der Waals surface area contributed by atoms with Crippen LogP contribution in [-0.4, -0.2) is 40.1 Å². The molecule has 26 heavy (non-hydrogen) atoms. The summed E-state index contributed by atoms with van der Waals surface area (Å²) in [5, 5.41) is 20.1. The molecule has 138 valence electrons. The first-order chi connectivity index (χ1) is 12.5. The van der Waals surface area contributed by atoms with Crippen LogP contribution in [0.5, 0.6) is 11.5 Å². The van der Waals surface area contributed by atoms with E-state index in [0.717, 1.165) is 5.23 Å².